The van der Waals surface area contributed by atoms with Gasteiger partial charge in [-0.25, -0.2) is 4.99 Å². The number of fused-ring (bicyclic) bond motifs is 1. The van der Waals surface area contributed by atoms with Gasteiger partial charge < -0.3 is 15.4 Å². The van der Waals surface area contributed by atoms with Crippen LogP contribution in [0.15, 0.2) is 53.5 Å². The van der Waals surface area contributed by atoms with Gasteiger partial charge in [0, 0.05) is 31.8 Å². The second-order valence-corrected chi connectivity index (χ2v) is 6.86. The van der Waals surface area contributed by atoms with E-state index in [0.717, 1.165) is 30.8 Å². The van der Waals surface area contributed by atoms with Crippen molar-refractivity contribution in [3.8, 4) is 0 Å². The molecule has 0 amide bonds. The monoisotopic (exact) mass is 510 g/mol. The van der Waals surface area contributed by atoms with E-state index in [-0.39, 0.29) is 29.7 Å². The average Bonchev–Trinajstić information content (AvgIpc) is 2.72. The molecular weight excluding hydrogens is 483 g/mol. The molecule has 0 saturated carbocycles. The number of benzene rings is 2. The summed E-state index contributed by atoms with van der Waals surface area (Å²) >= 11 is 0. The third-order valence-corrected chi connectivity index (χ3v) is 4.85. The molecule has 0 heterocycles. The maximum absolute atomic E-state index is 10.8. The summed E-state index contributed by atoms with van der Waals surface area (Å²) in [5.74, 6) is 0.736. The summed E-state index contributed by atoms with van der Waals surface area (Å²) in [5.41, 5.74) is 3.83. The van der Waals surface area contributed by atoms with Gasteiger partial charge in [0.05, 0.1) is 18.1 Å². The molecule has 3 rings (SSSR count). The third-order valence-electron chi connectivity index (χ3n) is 4.85. The molecule has 1 aliphatic carbocycles. The maximum Gasteiger partial charge on any atom is 0.269 e. The molecule has 2 aromatic rings. The first-order chi connectivity index (χ1) is 13.7. The van der Waals surface area contributed by atoms with Gasteiger partial charge in [-0.05, 0) is 36.0 Å². The zero-order chi connectivity index (χ0) is 19.8. The fourth-order valence-corrected chi connectivity index (χ4v) is 3.33. The van der Waals surface area contributed by atoms with Crippen molar-refractivity contribution in [2.45, 2.75) is 31.8 Å². The minimum Gasteiger partial charge on any atom is -0.383 e. The Balaban J connectivity index is 0.00000300. The van der Waals surface area contributed by atoms with Crippen molar-refractivity contribution in [1.29, 1.82) is 0 Å². The molecule has 0 fully saturated rings. The van der Waals surface area contributed by atoms with E-state index >= 15 is 0 Å². The molecule has 2 aromatic carbocycles. The van der Waals surface area contributed by atoms with Crippen LogP contribution in [0.3, 0.4) is 0 Å². The molecule has 29 heavy (non-hydrogen) atoms. The van der Waals surface area contributed by atoms with Crippen LogP contribution in [0.4, 0.5) is 5.69 Å². The zero-order valence-corrected chi connectivity index (χ0v) is 18.8. The predicted molar refractivity (Wildman–Crippen MR) is 125 cm³/mol. The number of methoxy groups -OCH3 is 1. The van der Waals surface area contributed by atoms with Crippen LogP contribution in [0.1, 0.15) is 23.1 Å². The summed E-state index contributed by atoms with van der Waals surface area (Å²) < 4.78 is 5.12. The Labute approximate surface area is 188 Å². The van der Waals surface area contributed by atoms with Crippen molar-refractivity contribution in [3.05, 3.63) is 75.3 Å². The van der Waals surface area contributed by atoms with Crippen LogP contribution in [0.25, 0.3) is 0 Å². The highest BCUT2D eigenvalue weighted by Crippen LogP contribution is 2.21. The number of ether oxygens (including phenoxy) is 1. The van der Waals surface area contributed by atoms with Gasteiger partial charge in [0.25, 0.3) is 5.69 Å². The maximum atomic E-state index is 10.8. The molecule has 1 unspecified atom stereocenters. The van der Waals surface area contributed by atoms with Crippen molar-refractivity contribution in [3.63, 3.8) is 0 Å². The van der Waals surface area contributed by atoms with Crippen LogP contribution in [0.5, 0.6) is 0 Å². The largest absolute Gasteiger partial charge is 0.383 e. The number of aliphatic imine (C=N–C) groups is 1. The van der Waals surface area contributed by atoms with E-state index in [2.05, 4.69) is 39.9 Å². The highest BCUT2D eigenvalue weighted by atomic mass is 127. The van der Waals surface area contributed by atoms with Crippen molar-refractivity contribution in [1.82, 2.24) is 10.6 Å². The standard InChI is InChI=1S/C21H26N4O3.HI/c1-28-13-12-22-21(23-15-16-6-10-20(11-7-16)25(26)27)24-19-9-8-17-4-2-3-5-18(17)14-19;/h2-7,10-11,19H,8-9,12-15H2,1H3,(H2,22,23,24);1H. The van der Waals surface area contributed by atoms with Gasteiger partial charge in [0.1, 0.15) is 0 Å². The fourth-order valence-electron chi connectivity index (χ4n) is 3.33. The lowest BCUT2D eigenvalue weighted by Crippen LogP contribution is -2.46. The first kappa shape index (κ1) is 23.1. The van der Waals surface area contributed by atoms with Crippen molar-refractivity contribution in [2.75, 3.05) is 20.3 Å². The molecule has 0 spiro atoms. The van der Waals surface area contributed by atoms with E-state index in [1.165, 1.54) is 23.3 Å². The molecule has 7 nitrogen and oxygen atoms in total. The topological polar surface area (TPSA) is 88.8 Å². The lowest BCUT2D eigenvalue weighted by molar-refractivity contribution is -0.384. The first-order valence-electron chi connectivity index (χ1n) is 9.49. The van der Waals surface area contributed by atoms with Gasteiger partial charge >= 0.3 is 0 Å². The second kappa shape index (κ2) is 11.7. The number of guanidine groups is 1. The Bertz CT molecular complexity index is 827. The summed E-state index contributed by atoms with van der Waals surface area (Å²) in [4.78, 5) is 15.0. The second-order valence-electron chi connectivity index (χ2n) is 6.86. The number of halogens is 1. The van der Waals surface area contributed by atoms with E-state index in [4.69, 9.17) is 4.74 Å². The molecule has 2 N–H and O–H groups in total. The molecule has 1 atom stereocenters. The van der Waals surface area contributed by atoms with E-state index in [1.807, 2.05) is 0 Å². The van der Waals surface area contributed by atoms with Crippen LogP contribution in [-0.2, 0) is 24.1 Å². The minimum atomic E-state index is -0.396. The summed E-state index contributed by atoms with van der Waals surface area (Å²) in [6, 6.07) is 15.4. The SMILES string of the molecule is COCCNC(=NCc1ccc([N+](=O)[O-])cc1)NC1CCc2ccccc2C1.I. The molecule has 8 heteroatoms. The van der Waals surface area contributed by atoms with Gasteiger partial charge in [-0.1, -0.05) is 36.4 Å². The summed E-state index contributed by atoms with van der Waals surface area (Å²) in [7, 11) is 1.67. The normalized spacial score (nSPS) is 15.8. The van der Waals surface area contributed by atoms with Crippen LogP contribution in [0.2, 0.25) is 0 Å². The highest BCUT2D eigenvalue weighted by molar-refractivity contribution is 14.0. The number of hydrogen-bond donors (Lipinski definition) is 2. The predicted octanol–water partition coefficient (Wildman–Crippen LogP) is 3.45. The minimum absolute atomic E-state index is 0. The molecule has 1 aliphatic rings. The van der Waals surface area contributed by atoms with Crippen molar-refractivity contribution >= 4 is 35.6 Å². The Hall–Kier alpha value is -2.20. The number of rotatable bonds is 7. The van der Waals surface area contributed by atoms with Crippen LogP contribution < -0.4 is 10.6 Å². The van der Waals surface area contributed by atoms with Gasteiger partial charge in [-0.2, -0.15) is 0 Å². The molecule has 156 valence electrons. The smallest absolute Gasteiger partial charge is 0.269 e. The summed E-state index contributed by atoms with van der Waals surface area (Å²) in [6.45, 7) is 1.70. The number of nitrogens with zero attached hydrogens (tertiary/aromatic N) is 2. The van der Waals surface area contributed by atoms with Crippen LogP contribution in [-0.4, -0.2) is 37.2 Å². The number of nitro groups is 1. The van der Waals surface area contributed by atoms with Gasteiger partial charge in [0.15, 0.2) is 5.96 Å². The van der Waals surface area contributed by atoms with Crippen LogP contribution >= 0.6 is 24.0 Å². The number of nitrogens with one attached hydrogen (secondary N) is 2. The zero-order valence-electron chi connectivity index (χ0n) is 16.5. The Morgan fingerprint density at radius 2 is 1.93 bits per heavy atom. The molecule has 0 saturated heterocycles. The Kier molecular flexibility index (Phi) is 9.33. The number of nitro benzene ring substituents is 1. The van der Waals surface area contributed by atoms with Crippen LogP contribution in [0, 0.1) is 10.1 Å². The molecule has 0 aromatic heterocycles. The molecule has 0 bridgehead atoms. The quantitative estimate of drug-likeness (QED) is 0.149. The number of non-ortho nitro benzene ring substituents is 1. The van der Waals surface area contributed by atoms with E-state index in [1.54, 1.807) is 19.2 Å². The van der Waals surface area contributed by atoms with E-state index in [0.29, 0.717) is 25.7 Å². The van der Waals surface area contributed by atoms with E-state index in [9.17, 15) is 10.1 Å². The summed E-state index contributed by atoms with van der Waals surface area (Å²) in [6.07, 6.45) is 3.08. The first-order valence-corrected chi connectivity index (χ1v) is 9.49. The highest BCUT2D eigenvalue weighted by Gasteiger charge is 2.19. The summed E-state index contributed by atoms with van der Waals surface area (Å²) in [5, 5.41) is 17.6. The average molecular weight is 510 g/mol. The lowest BCUT2D eigenvalue weighted by atomic mass is 9.88. The number of hydrogen-bond acceptors (Lipinski definition) is 4. The molecule has 0 aliphatic heterocycles. The Morgan fingerprint density at radius 3 is 2.62 bits per heavy atom. The van der Waals surface area contributed by atoms with Gasteiger partial charge in [0.2, 0.25) is 0 Å². The molecular formula is C21H27IN4O3. The third kappa shape index (κ3) is 6.97. The van der Waals surface area contributed by atoms with Gasteiger partial charge in [-0.3, -0.25) is 10.1 Å². The van der Waals surface area contributed by atoms with Gasteiger partial charge in [-0.15, -0.1) is 24.0 Å². The van der Waals surface area contributed by atoms with E-state index < -0.39 is 4.92 Å². The lowest BCUT2D eigenvalue weighted by Gasteiger charge is -2.27. The Morgan fingerprint density at radius 1 is 1.21 bits per heavy atom. The number of aryl methyl sites for hydroxylation is 1. The fraction of sp³-hybridized carbons (Fsp3) is 0.381. The molecule has 0 radical (unpaired) electrons. The van der Waals surface area contributed by atoms with Crippen molar-refractivity contribution in [2.24, 2.45) is 4.99 Å². The van der Waals surface area contributed by atoms with Crippen molar-refractivity contribution < 1.29 is 9.66 Å².